The van der Waals surface area contributed by atoms with Crippen molar-refractivity contribution in [2.45, 2.75) is 20.0 Å². The third-order valence-electron chi connectivity index (χ3n) is 3.32. The van der Waals surface area contributed by atoms with E-state index >= 15 is 0 Å². The molecule has 2 aromatic rings. The molecule has 0 spiro atoms. The predicted molar refractivity (Wildman–Crippen MR) is 87.6 cm³/mol. The molecule has 0 aliphatic rings. The minimum absolute atomic E-state index is 0.239. The SMILES string of the molecule is COc1ccc(C)cc1C(=O)O[C@@H](C)C(=O)Nc1cccc(F)c1. The maximum Gasteiger partial charge on any atom is 0.342 e. The smallest absolute Gasteiger partial charge is 0.342 e. The topological polar surface area (TPSA) is 64.6 Å². The van der Waals surface area contributed by atoms with E-state index in [4.69, 9.17) is 9.47 Å². The van der Waals surface area contributed by atoms with Gasteiger partial charge in [0.05, 0.1) is 7.11 Å². The number of amides is 1. The number of carbonyl (C=O) groups excluding carboxylic acids is 2. The first-order valence-corrected chi connectivity index (χ1v) is 7.32. The first-order chi connectivity index (χ1) is 11.4. The molecule has 0 radical (unpaired) electrons. The molecule has 0 bridgehead atoms. The molecule has 0 fully saturated rings. The van der Waals surface area contributed by atoms with Crippen LogP contribution in [-0.4, -0.2) is 25.1 Å². The normalized spacial score (nSPS) is 11.5. The molecule has 0 saturated carbocycles. The van der Waals surface area contributed by atoms with Gasteiger partial charge in [-0.1, -0.05) is 17.7 Å². The summed E-state index contributed by atoms with van der Waals surface area (Å²) in [5.41, 5.74) is 1.39. The molecule has 5 nitrogen and oxygen atoms in total. The van der Waals surface area contributed by atoms with Gasteiger partial charge in [0, 0.05) is 5.69 Å². The number of halogens is 1. The van der Waals surface area contributed by atoms with Gasteiger partial charge >= 0.3 is 5.97 Å². The molecule has 24 heavy (non-hydrogen) atoms. The fourth-order valence-electron chi connectivity index (χ4n) is 2.07. The van der Waals surface area contributed by atoms with Gasteiger partial charge in [0.1, 0.15) is 17.1 Å². The number of hydrogen-bond donors (Lipinski definition) is 1. The molecule has 6 heteroatoms. The van der Waals surface area contributed by atoms with Crippen LogP contribution in [0.25, 0.3) is 0 Å². The first kappa shape index (κ1) is 17.5. The summed E-state index contributed by atoms with van der Waals surface area (Å²) in [5.74, 6) is -1.33. The Hall–Kier alpha value is -2.89. The third kappa shape index (κ3) is 4.32. The molecule has 0 aromatic heterocycles. The molecule has 1 N–H and O–H groups in total. The van der Waals surface area contributed by atoms with Gasteiger partial charge in [-0.2, -0.15) is 0 Å². The highest BCUT2D eigenvalue weighted by atomic mass is 19.1. The molecule has 1 amide bonds. The van der Waals surface area contributed by atoms with Crippen LogP contribution in [0, 0.1) is 12.7 Å². The first-order valence-electron chi connectivity index (χ1n) is 7.32. The molecule has 2 rings (SSSR count). The summed E-state index contributed by atoms with van der Waals surface area (Å²) in [7, 11) is 1.45. The number of hydrogen-bond acceptors (Lipinski definition) is 4. The Kier molecular flexibility index (Phi) is 5.52. The van der Waals surface area contributed by atoms with Crippen LogP contribution in [0.4, 0.5) is 10.1 Å². The van der Waals surface area contributed by atoms with E-state index in [0.717, 1.165) is 5.56 Å². The van der Waals surface area contributed by atoms with Crippen LogP contribution in [-0.2, 0) is 9.53 Å². The van der Waals surface area contributed by atoms with Crippen molar-refractivity contribution in [3.63, 3.8) is 0 Å². The molecule has 0 unspecified atom stereocenters. The Morgan fingerprint density at radius 3 is 2.58 bits per heavy atom. The van der Waals surface area contributed by atoms with E-state index in [1.54, 1.807) is 24.3 Å². The molecule has 0 aliphatic heterocycles. The quantitative estimate of drug-likeness (QED) is 0.854. The van der Waals surface area contributed by atoms with Crippen molar-refractivity contribution in [2.24, 2.45) is 0 Å². The summed E-state index contributed by atoms with van der Waals surface area (Å²) < 4.78 is 23.4. The zero-order chi connectivity index (χ0) is 17.7. The summed E-state index contributed by atoms with van der Waals surface area (Å²) in [6.07, 6.45) is -1.05. The summed E-state index contributed by atoms with van der Waals surface area (Å²) in [5, 5.41) is 2.49. The van der Waals surface area contributed by atoms with Gasteiger partial charge in [-0.05, 0) is 44.2 Å². The van der Waals surface area contributed by atoms with Crippen molar-refractivity contribution in [1.29, 1.82) is 0 Å². The van der Waals surface area contributed by atoms with Crippen molar-refractivity contribution < 1.29 is 23.5 Å². The number of nitrogens with one attached hydrogen (secondary N) is 1. The van der Waals surface area contributed by atoms with Crippen LogP contribution in [0.5, 0.6) is 5.75 Å². The summed E-state index contributed by atoms with van der Waals surface area (Å²) in [6, 6.07) is 10.5. The number of anilines is 1. The number of esters is 1. The van der Waals surface area contributed by atoms with Gasteiger partial charge in [-0.25, -0.2) is 9.18 Å². The predicted octanol–water partition coefficient (Wildman–Crippen LogP) is 3.33. The van der Waals surface area contributed by atoms with E-state index in [-0.39, 0.29) is 11.3 Å². The lowest BCUT2D eigenvalue weighted by Crippen LogP contribution is -2.30. The van der Waals surface area contributed by atoms with Gasteiger partial charge in [-0.15, -0.1) is 0 Å². The maximum absolute atomic E-state index is 13.1. The monoisotopic (exact) mass is 331 g/mol. The van der Waals surface area contributed by atoms with E-state index in [1.807, 2.05) is 6.92 Å². The standard InChI is InChI=1S/C18H18FNO4/c1-11-7-8-16(23-3)15(9-11)18(22)24-12(2)17(21)20-14-6-4-5-13(19)10-14/h4-10,12H,1-3H3,(H,20,21)/t12-/m0/s1. The fraction of sp³-hybridized carbons (Fsp3) is 0.222. The molecular weight excluding hydrogens is 313 g/mol. The average Bonchev–Trinajstić information content (AvgIpc) is 2.54. The number of benzene rings is 2. The van der Waals surface area contributed by atoms with Crippen molar-refractivity contribution in [3.05, 3.63) is 59.4 Å². The highest BCUT2D eigenvalue weighted by Crippen LogP contribution is 2.21. The Bertz CT molecular complexity index is 760. The van der Waals surface area contributed by atoms with Gasteiger partial charge in [0.2, 0.25) is 0 Å². The zero-order valence-electron chi connectivity index (χ0n) is 13.6. The number of rotatable bonds is 5. The van der Waals surface area contributed by atoms with Crippen LogP contribution < -0.4 is 10.1 Å². The average molecular weight is 331 g/mol. The maximum atomic E-state index is 13.1. The van der Waals surface area contributed by atoms with Crippen LogP contribution in [0.3, 0.4) is 0 Å². The van der Waals surface area contributed by atoms with Crippen LogP contribution in [0.15, 0.2) is 42.5 Å². The Balaban J connectivity index is 2.06. The molecule has 0 heterocycles. The second-order valence-electron chi connectivity index (χ2n) is 5.25. The molecule has 2 aromatic carbocycles. The van der Waals surface area contributed by atoms with Crippen LogP contribution in [0.1, 0.15) is 22.8 Å². The van der Waals surface area contributed by atoms with Gasteiger partial charge in [-0.3, -0.25) is 4.79 Å². The third-order valence-corrected chi connectivity index (χ3v) is 3.32. The molecule has 0 saturated heterocycles. The number of aryl methyl sites for hydroxylation is 1. The van der Waals surface area contributed by atoms with Crippen LogP contribution in [0.2, 0.25) is 0 Å². The molecule has 1 atom stereocenters. The zero-order valence-corrected chi connectivity index (χ0v) is 13.6. The second kappa shape index (κ2) is 7.59. The van der Waals surface area contributed by atoms with Crippen molar-refractivity contribution in [1.82, 2.24) is 0 Å². The Morgan fingerprint density at radius 1 is 1.17 bits per heavy atom. The second-order valence-corrected chi connectivity index (χ2v) is 5.25. The summed E-state index contributed by atoms with van der Waals surface area (Å²) >= 11 is 0. The van der Waals surface area contributed by atoms with E-state index in [2.05, 4.69) is 5.32 Å². The van der Waals surface area contributed by atoms with E-state index in [9.17, 15) is 14.0 Å². The summed E-state index contributed by atoms with van der Waals surface area (Å²) in [6.45, 7) is 3.27. The minimum Gasteiger partial charge on any atom is -0.496 e. The van der Waals surface area contributed by atoms with Crippen molar-refractivity contribution in [3.8, 4) is 5.75 Å². The lowest BCUT2D eigenvalue weighted by molar-refractivity contribution is -0.123. The van der Waals surface area contributed by atoms with E-state index in [1.165, 1.54) is 32.2 Å². The Labute approximate surface area is 139 Å². The van der Waals surface area contributed by atoms with Crippen molar-refractivity contribution >= 4 is 17.6 Å². The lowest BCUT2D eigenvalue weighted by atomic mass is 10.1. The van der Waals surface area contributed by atoms with Gasteiger partial charge in [0.15, 0.2) is 6.10 Å². The molecule has 0 aliphatic carbocycles. The number of ether oxygens (including phenoxy) is 2. The number of methoxy groups -OCH3 is 1. The lowest BCUT2D eigenvalue weighted by Gasteiger charge is -2.15. The van der Waals surface area contributed by atoms with Gasteiger partial charge < -0.3 is 14.8 Å². The largest absolute Gasteiger partial charge is 0.496 e. The Morgan fingerprint density at radius 2 is 1.92 bits per heavy atom. The minimum atomic E-state index is -1.05. The van der Waals surface area contributed by atoms with Gasteiger partial charge in [0.25, 0.3) is 5.91 Å². The fourth-order valence-corrected chi connectivity index (χ4v) is 2.07. The van der Waals surface area contributed by atoms with Crippen molar-refractivity contribution in [2.75, 3.05) is 12.4 Å². The summed E-state index contributed by atoms with van der Waals surface area (Å²) in [4.78, 5) is 24.3. The molecular formula is C18H18FNO4. The van der Waals surface area contributed by atoms with Crippen LogP contribution >= 0.6 is 0 Å². The van der Waals surface area contributed by atoms with E-state index in [0.29, 0.717) is 5.75 Å². The highest BCUT2D eigenvalue weighted by molar-refractivity contribution is 5.98. The molecule has 126 valence electrons. The highest BCUT2D eigenvalue weighted by Gasteiger charge is 2.21. The van der Waals surface area contributed by atoms with E-state index < -0.39 is 23.8 Å². The number of carbonyl (C=O) groups is 2.